The van der Waals surface area contributed by atoms with E-state index in [0.717, 1.165) is 50.0 Å². The number of hydrogen-bond donors (Lipinski definition) is 0. The van der Waals surface area contributed by atoms with E-state index in [4.69, 9.17) is 19.9 Å². The number of fused-ring (bicyclic) bond motifs is 1. The minimum absolute atomic E-state index is 0.622. The van der Waals surface area contributed by atoms with E-state index in [-0.39, 0.29) is 0 Å². The van der Waals surface area contributed by atoms with Crippen molar-refractivity contribution in [1.29, 1.82) is 0 Å². The van der Waals surface area contributed by atoms with Gasteiger partial charge in [-0.15, -0.1) is 0 Å². The second-order valence-electron chi connectivity index (χ2n) is 12.7. The van der Waals surface area contributed by atoms with Gasteiger partial charge in [0.15, 0.2) is 17.5 Å². The van der Waals surface area contributed by atoms with Gasteiger partial charge in [-0.1, -0.05) is 170 Å². The first-order valence-electron chi connectivity index (χ1n) is 17.4. The molecule has 4 heteroatoms. The molecule has 0 aliphatic carbocycles. The molecule has 0 aliphatic rings. The van der Waals surface area contributed by atoms with E-state index in [1.54, 1.807) is 0 Å². The maximum Gasteiger partial charge on any atom is 0.164 e. The molecule has 0 radical (unpaired) electrons. The van der Waals surface area contributed by atoms with Crippen molar-refractivity contribution in [3.63, 3.8) is 0 Å². The molecule has 4 nitrogen and oxygen atoms in total. The fourth-order valence-electron chi connectivity index (χ4n) is 6.56. The first-order valence-corrected chi connectivity index (χ1v) is 17.4. The van der Waals surface area contributed by atoms with Gasteiger partial charge in [-0.05, 0) is 57.6 Å². The van der Waals surface area contributed by atoms with E-state index in [2.05, 4.69) is 152 Å². The van der Waals surface area contributed by atoms with Crippen molar-refractivity contribution in [3.8, 4) is 78.8 Å². The number of benzene rings is 7. The molecule has 0 saturated heterocycles. The molecule has 2 heterocycles. The third-order valence-electron chi connectivity index (χ3n) is 9.35. The zero-order chi connectivity index (χ0) is 34.7. The van der Waals surface area contributed by atoms with Gasteiger partial charge in [0, 0.05) is 27.6 Å². The van der Waals surface area contributed by atoms with Gasteiger partial charge in [-0.3, -0.25) is 0 Å². The van der Waals surface area contributed by atoms with Crippen molar-refractivity contribution in [2.24, 2.45) is 0 Å². The molecule has 9 rings (SSSR count). The van der Waals surface area contributed by atoms with Crippen LogP contribution in [0.3, 0.4) is 0 Å². The van der Waals surface area contributed by atoms with Crippen molar-refractivity contribution in [1.82, 2.24) is 19.9 Å². The lowest BCUT2D eigenvalue weighted by atomic mass is 9.99. The van der Waals surface area contributed by atoms with Gasteiger partial charge in [0.25, 0.3) is 0 Å². The fourth-order valence-corrected chi connectivity index (χ4v) is 6.56. The molecule has 52 heavy (non-hydrogen) atoms. The summed E-state index contributed by atoms with van der Waals surface area (Å²) in [7, 11) is 0. The molecular weight excluding hydrogens is 633 g/mol. The molecule has 0 N–H and O–H groups in total. The maximum absolute atomic E-state index is 5.04. The Bertz CT molecular complexity index is 2640. The third-order valence-corrected chi connectivity index (χ3v) is 9.35. The van der Waals surface area contributed by atoms with E-state index < -0.39 is 0 Å². The largest absolute Gasteiger partial charge is 0.248 e. The number of pyridine rings is 1. The Morgan fingerprint density at radius 3 is 1.27 bits per heavy atom. The van der Waals surface area contributed by atoms with Crippen LogP contribution in [0.4, 0.5) is 0 Å². The number of aromatic nitrogens is 4. The fraction of sp³-hybridized carbons (Fsp3) is 0. The Morgan fingerprint density at radius 1 is 0.231 bits per heavy atom. The zero-order valence-electron chi connectivity index (χ0n) is 28.3. The summed E-state index contributed by atoms with van der Waals surface area (Å²) in [6.45, 7) is 0. The van der Waals surface area contributed by atoms with Crippen LogP contribution in [0.25, 0.3) is 89.7 Å². The summed E-state index contributed by atoms with van der Waals surface area (Å²) in [4.78, 5) is 19.9. The molecule has 0 atom stereocenters. The highest BCUT2D eigenvalue weighted by atomic mass is 15.0. The van der Waals surface area contributed by atoms with Crippen molar-refractivity contribution in [2.45, 2.75) is 0 Å². The quantitative estimate of drug-likeness (QED) is 0.170. The Balaban J connectivity index is 1.01. The van der Waals surface area contributed by atoms with Crippen molar-refractivity contribution in [3.05, 3.63) is 194 Å². The summed E-state index contributed by atoms with van der Waals surface area (Å²) in [6, 6.07) is 67.0. The van der Waals surface area contributed by atoms with Crippen LogP contribution in [0.1, 0.15) is 0 Å². The first-order chi connectivity index (χ1) is 25.7. The molecule has 7 aromatic carbocycles. The van der Waals surface area contributed by atoms with E-state index in [9.17, 15) is 0 Å². The molecule has 0 bridgehead atoms. The van der Waals surface area contributed by atoms with Crippen molar-refractivity contribution >= 4 is 10.9 Å². The second kappa shape index (κ2) is 13.7. The van der Waals surface area contributed by atoms with Crippen LogP contribution >= 0.6 is 0 Å². The van der Waals surface area contributed by atoms with Gasteiger partial charge >= 0.3 is 0 Å². The van der Waals surface area contributed by atoms with E-state index in [1.165, 1.54) is 22.3 Å². The van der Waals surface area contributed by atoms with Crippen LogP contribution in [-0.4, -0.2) is 19.9 Å². The summed E-state index contributed by atoms with van der Waals surface area (Å²) < 4.78 is 0. The molecule has 0 spiro atoms. The van der Waals surface area contributed by atoms with Crippen LogP contribution < -0.4 is 0 Å². The van der Waals surface area contributed by atoms with Gasteiger partial charge in [0.05, 0.1) is 11.2 Å². The number of nitrogens with zero attached hydrogens (tertiary/aromatic N) is 4. The lowest BCUT2D eigenvalue weighted by Crippen LogP contribution is -2.00. The minimum Gasteiger partial charge on any atom is -0.248 e. The monoisotopic (exact) mass is 664 g/mol. The summed E-state index contributed by atoms with van der Waals surface area (Å²) in [5, 5.41) is 1.10. The summed E-state index contributed by atoms with van der Waals surface area (Å²) in [5.74, 6) is 1.89. The highest BCUT2D eigenvalue weighted by molar-refractivity contribution is 5.87. The Morgan fingerprint density at radius 2 is 0.635 bits per heavy atom. The predicted molar refractivity (Wildman–Crippen MR) is 213 cm³/mol. The van der Waals surface area contributed by atoms with E-state index >= 15 is 0 Å². The van der Waals surface area contributed by atoms with Gasteiger partial charge in [-0.25, -0.2) is 19.9 Å². The second-order valence-corrected chi connectivity index (χ2v) is 12.7. The molecule has 0 unspecified atom stereocenters. The molecule has 244 valence electrons. The molecule has 0 saturated carbocycles. The highest BCUT2D eigenvalue weighted by Crippen LogP contribution is 2.31. The van der Waals surface area contributed by atoms with E-state index in [0.29, 0.717) is 17.5 Å². The smallest absolute Gasteiger partial charge is 0.164 e. The highest BCUT2D eigenvalue weighted by Gasteiger charge is 2.14. The Labute approximate surface area is 302 Å². The molecule has 0 amide bonds. The van der Waals surface area contributed by atoms with Crippen molar-refractivity contribution < 1.29 is 0 Å². The van der Waals surface area contributed by atoms with Crippen LogP contribution in [0.15, 0.2) is 194 Å². The third kappa shape index (κ3) is 6.37. The van der Waals surface area contributed by atoms with Crippen LogP contribution in [0.2, 0.25) is 0 Å². The molecule has 0 fully saturated rings. The Hall–Kier alpha value is -7.04. The SMILES string of the molecule is c1ccc(-c2ccc(-c3ccc4nc(-c5ccc(-c6nc(-c7ccccc7)nc(-c7cccc(-c8ccccc8)c7)n6)cc5)ccc4c3)cc2)cc1. The average Bonchev–Trinajstić information content (AvgIpc) is 3.24. The lowest BCUT2D eigenvalue weighted by Gasteiger charge is -2.10. The summed E-state index contributed by atoms with van der Waals surface area (Å²) >= 11 is 0. The summed E-state index contributed by atoms with van der Waals surface area (Å²) in [6.07, 6.45) is 0. The van der Waals surface area contributed by atoms with E-state index in [1.807, 2.05) is 42.5 Å². The molecule has 2 aromatic heterocycles. The standard InChI is InChI=1S/C48H32N4/c1-4-11-33(12-5-1)35-19-21-36(22-20-35)41-27-29-45-42(31-41)28-30-44(49-45)37-23-25-39(26-24-37)47-50-46(38-15-8-3-9-16-38)51-48(52-47)43-18-10-17-40(32-43)34-13-6-2-7-14-34/h1-32H. The number of rotatable bonds is 7. The van der Waals surface area contributed by atoms with Crippen LogP contribution in [0, 0.1) is 0 Å². The van der Waals surface area contributed by atoms with Crippen molar-refractivity contribution in [2.75, 3.05) is 0 Å². The average molecular weight is 665 g/mol. The van der Waals surface area contributed by atoms with Gasteiger partial charge in [0.2, 0.25) is 0 Å². The topological polar surface area (TPSA) is 51.6 Å². The van der Waals surface area contributed by atoms with Crippen LogP contribution in [0.5, 0.6) is 0 Å². The minimum atomic E-state index is 0.622. The maximum atomic E-state index is 5.04. The Kier molecular flexibility index (Phi) is 8.16. The predicted octanol–water partition coefficient (Wildman–Crippen LogP) is 12.1. The van der Waals surface area contributed by atoms with Gasteiger partial charge in [-0.2, -0.15) is 0 Å². The normalized spacial score (nSPS) is 11.1. The number of hydrogen-bond acceptors (Lipinski definition) is 4. The van der Waals surface area contributed by atoms with Gasteiger partial charge in [0.1, 0.15) is 0 Å². The summed E-state index contributed by atoms with van der Waals surface area (Å²) in [5.41, 5.74) is 12.7. The lowest BCUT2D eigenvalue weighted by molar-refractivity contribution is 1.07. The molecule has 9 aromatic rings. The molecular formula is C48H32N4. The first kappa shape index (κ1) is 31.0. The van der Waals surface area contributed by atoms with Gasteiger partial charge < -0.3 is 0 Å². The van der Waals surface area contributed by atoms with Crippen LogP contribution in [-0.2, 0) is 0 Å². The zero-order valence-corrected chi connectivity index (χ0v) is 28.3. The molecule has 0 aliphatic heterocycles.